The van der Waals surface area contributed by atoms with Crippen LogP contribution in [0.3, 0.4) is 0 Å². The van der Waals surface area contributed by atoms with Crippen molar-refractivity contribution in [1.82, 2.24) is 4.67 Å². The molecule has 110 valence electrons. The Balaban J connectivity index is 2.00. The number of hydrogen-bond acceptors (Lipinski definition) is 1. The van der Waals surface area contributed by atoms with Crippen LogP contribution in [0.1, 0.15) is 20.3 Å². The van der Waals surface area contributed by atoms with Gasteiger partial charge in [0.05, 0.1) is 0 Å². The molecule has 0 aromatic heterocycles. The highest BCUT2D eigenvalue weighted by Gasteiger charge is 2.48. The maximum atomic E-state index is 13.9. The summed E-state index contributed by atoms with van der Waals surface area (Å²) >= 11 is 0. The van der Waals surface area contributed by atoms with Crippen LogP contribution in [0.5, 0.6) is 0 Å². The second-order valence-corrected chi connectivity index (χ2v) is 8.85. The highest BCUT2D eigenvalue weighted by Crippen LogP contribution is 2.55. The lowest BCUT2D eigenvalue weighted by Crippen LogP contribution is -2.22. The van der Waals surface area contributed by atoms with Crippen LogP contribution in [0, 0.1) is 5.92 Å². The molecule has 1 saturated heterocycles. The molecule has 0 amide bonds. The summed E-state index contributed by atoms with van der Waals surface area (Å²) in [6.07, 6.45) is 1.11. The van der Waals surface area contributed by atoms with Crippen molar-refractivity contribution in [3.63, 3.8) is 0 Å². The largest absolute Gasteiger partial charge is 0.296 e. The summed E-state index contributed by atoms with van der Waals surface area (Å²) in [7, 11) is -2.66. The maximum Gasteiger partial charge on any atom is 0.207 e. The van der Waals surface area contributed by atoms with Crippen LogP contribution >= 0.6 is 7.29 Å². The molecule has 3 heteroatoms. The Hall–Kier alpha value is -1.37. The topological polar surface area (TPSA) is 20.1 Å². The van der Waals surface area contributed by atoms with Gasteiger partial charge in [0.15, 0.2) is 0 Å². The van der Waals surface area contributed by atoms with E-state index in [1.54, 1.807) is 0 Å². The Morgan fingerprint density at radius 3 is 1.90 bits per heavy atom. The zero-order chi connectivity index (χ0) is 14.9. The number of nitrogens with zero attached hydrogens (tertiary/aromatic N) is 1. The maximum absolute atomic E-state index is 13.9. The molecule has 0 spiro atoms. The molecular weight excluding hydrogens is 277 g/mol. The van der Waals surface area contributed by atoms with Crippen molar-refractivity contribution in [2.75, 3.05) is 6.54 Å². The monoisotopic (exact) mass is 299 g/mol. The van der Waals surface area contributed by atoms with Gasteiger partial charge < -0.3 is 0 Å². The summed E-state index contributed by atoms with van der Waals surface area (Å²) in [6, 6.07) is 20.3. The summed E-state index contributed by atoms with van der Waals surface area (Å²) in [5, 5.41) is 1.89. The third-order valence-electron chi connectivity index (χ3n) is 4.00. The number of rotatable bonds is 5. The average Bonchev–Trinajstić information content (AvgIpc) is 3.27. The predicted molar refractivity (Wildman–Crippen MR) is 89.7 cm³/mol. The first-order valence-electron chi connectivity index (χ1n) is 7.61. The summed E-state index contributed by atoms with van der Waals surface area (Å²) in [5.41, 5.74) is 0. The molecule has 0 aliphatic carbocycles. The molecule has 1 aliphatic rings. The first kappa shape index (κ1) is 14.6. The minimum absolute atomic E-state index is 0.455. The fraction of sp³-hybridized carbons (Fsp3) is 0.333. The SMILES string of the molecule is CC(C)C[C@H]1CN1P(=O)(c1ccccc1)c1ccccc1. The van der Waals surface area contributed by atoms with Gasteiger partial charge in [-0.05, 0) is 36.6 Å². The zero-order valence-electron chi connectivity index (χ0n) is 12.6. The molecule has 0 bridgehead atoms. The van der Waals surface area contributed by atoms with Crippen molar-refractivity contribution in [1.29, 1.82) is 0 Å². The van der Waals surface area contributed by atoms with Crippen molar-refractivity contribution in [3.8, 4) is 0 Å². The van der Waals surface area contributed by atoms with E-state index in [0.29, 0.717) is 12.0 Å². The van der Waals surface area contributed by atoms with E-state index in [1.165, 1.54) is 0 Å². The molecule has 1 heterocycles. The third kappa shape index (κ3) is 2.84. The van der Waals surface area contributed by atoms with Crippen LogP contribution in [0.2, 0.25) is 0 Å². The van der Waals surface area contributed by atoms with Gasteiger partial charge in [-0.2, -0.15) is 0 Å². The van der Waals surface area contributed by atoms with Gasteiger partial charge in [-0.25, -0.2) is 4.67 Å². The molecule has 21 heavy (non-hydrogen) atoms. The van der Waals surface area contributed by atoms with Crippen molar-refractivity contribution >= 4 is 17.9 Å². The van der Waals surface area contributed by atoms with Crippen molar-refractivity contribution in [3.05, 3.63) is 60.7 Å². The van der Waals surface area contributed by atoms with Gasteiger partial charge >= 0.3 is 0 Å². The second kappa shape index (κ2) is 5.79. The van der Waals surface area contributed by atoms with Crippen LogP contribution < -0.4 is 10.6 Å². The van der Waals surface area contributed by atoms with E-state index in [4.69, 9.17) is 0 Å². The van der Waals surface area contributed by atoms with E-state index in [2.05, 4.69) is 18.5 Å². The molecule has 2 aromatic carbocycles. The van der Waals surface area contributed by atoms with Gasteiger partial charge in [-0.3, -0.25) is 4.57 Å². The Morgan fingerprint density at radius 1 is 1.00 bits per heavy atom. The van der Waals surface area contributed by atoms with Gasteiger partial charge in [0.1, 0.15) is 0 Å². The predicted octanol–water partition coefficient (Wildman–Crippen LogP) is 3.65. The highest BCUT2D eigenvalue weighted by molar-refractivity contribution is 7.76. The lowest BCUT2D eigenvalue weighted by Gasteiger charge is -2.21. The van der Waals surface area contributed by atoms with Crippen molar-refractivity contribution in [2.24, 2.45) is 5.92 Å². The van der Waals surface area contributed by atoms with E-state index in [1.807, 2.05) is 60.7 Å². The summed E-state index contributed by atoms with van der Waals surface area (Å²) in [5.74, 6) is 0.639. The van der Waals surface area contributed by atoms with E-state index < -0.39 is 7.29 Å². The van der Waals surface area contributed by atoms with Crippen LogP contribution in [0.4, 0.5) is 0 Å². The Labute approximate surface area is 127 Å². The smallest absolute Gasteiger partial charge is 0.207 e. The van der Waals surface area contributed by atoms with Crippen LogP contribution in [-0.2, 0) is 4.57 Å². The van der Waals surface area contributed by atoms with Crippen LogP contribution in [0.25, 0.3) is 0 Å². The lowest BCUT2D eigenvalue weighted by molar-refractivity contribution is 0.523. The van der Waals surface area contributed by atoms with Gasteiger partial charge in [0.25, 0.3) is 0 Å². The second-order valence-electron chi connectivity index (χ2n) is 6.15. The molecule has 2 atom stereocenters. The normalized spacial score (nSPS) is 21.5. The molecule has 1 fully saturated rings. The fourth-order valence-electron chi connectivity index (χ4n) is 2.96. The van der Waals surface area contributed by atoms with Gasteiger partial charge in [-0.15, -0.1) is 0 Å². The quantitative estimate of drug-likeness (QED) is 0.620. The highest BCUT2D eigenvalue weighted by atomic mass is 31.2. The van der Waals surface area contributed by atoms with Crippen LogP contribution in [-0.4, -0.2) is 17.3 Å². The Bertz CT molecular complexity index is 595. The zero-order valence-corrected chi connectivity index (χ0v) is 13.5. The molecule has 2 aromatic rings. The Morgan fingerprint density at radius 2 is 1.48 bits per heavy atom. The molecule has 0 saturated carbocycles. The Kier molecular flexibility index (Phi) is 4.01. The van der Waals surface area contributed by atoms with Gasteiger partial charge in [0.2, 0.25) is 7.29 Å². The number of hydrogen-bond donors (Lipinski definition) is 0. The summed E-state index contributed by atoms with van der Waals surface area (Å²) in [6.45, 7) is 5.40. The van der Waals surface area contributed by atoms with E-state index in [-0.39, 0.29) is 0 Å². The summed E-state index contributed by atoms with van der Waals surface area (Å²) in [4.78, 5) is 0. The van der Waals surface area contributed by atoms with E-state index in [9.17, 15) is 4.57 Å². The van der Waals surface area contributed by atoms with Crippen molar-refractivity contribution < 1.29 is 4.57 Å². The number of benzene rings is 2. The molecule has 0 radical (unpaired) electrons. The van der Waals surface area contributed by atoms with Gasteiger partial charge in [0, 0.05) is 23.2 Å². The van der Waals surface area contributed by atoms with E-state index >= 15 is 0 Å². The first-order chi connectivity index (χ1) is 10.1. The molecular formula is C18H22NOP. The third-order valence-corrected chi connectivity index (χ3v) is 7.21. The molecule has 1 aliphatic heterocycles. The summed E-state index contributed by atoms with van der Waals surface area (Å²) < 4.78 is 16.1. The van der Waals surface area contributed by atoms with E-state index in [0.717, 1.165) is 23.6 Å². The lowest BCUT2D eigenvalue weighted by atomic mass is 10.1. The standard InChI is InChI=1S/C18H22NOP/c1-15(2)13-16-14-19(16)21(20,17-9-5-3-6-10-17)18-11-7-4-8-12-18/h3-12,15-16H,13-14H2,1-2H3/t16-,19?/m0/s1. The minimum Gasteiger partial charge on any atom is -0.296 e. The fourth-order valence-corrected chi connectivity index (χ4v) is 5.98. The van der Waals surface area contributed by atoms with Crippen molar-refractivity contribution in [2.45, 2.75) is 26.3 Å². The van der Waals surface area contributed by atoms with Gasteiger partial charge in [-0.1, -0.05) is 50.2 Å². The van der Waals surface area contributed by atoms with Crippen LogP contribution in [0.15, 0.2) is 60.7 Å². The molecule has 2 nitrogen and oxygen atoms in total. The first-order valence-corrected chi connectivity index (χ1v) is 9.26. The molecule has 3 rings (SSSR count). The minimum atomic E-state index is -2.66. The molecule has 1 unspecified atom stereocenters. The average molecular weight is 299 g/mol. The molecule has 0 N–H and O–H groups in total.